The zero-order chi connectivity index (χ0) is 12.6. The van der Waals surface area contributed by atoms with Crippen LogP contribution in [-0.4, -0.2) is 13.6 Å². The zero-order valence-electron chi connectivity index (χ0n) is 12.0. The molecule has 0 aromatic rings. The van der Waals surface area contributed by atoms with Gasteiger partial charge in [-0.05, 0) is 64.0 Å². The van der Waals surface area contributed by atoms with Crippen molar-refractivity contribution in [3.8, 4) is 0 Å². The Balaban J connectivity index is 3.80. The van der Waals surface area contributed by atoms with Crippen LogP contribution in [0.25, 0.3) is 0 Å². The molecule has 1 unspecified atom stereocenters. The van der Waals surface area contributed by atoms with E-state index in [1.54, 1.807) is 0 Å². The van der Waals surface area contributed by atoms with Crippen molar-refractivity contribution in [2.24, 2.45) is 11.3 Å². The Labute approximate surface area is 103 Å². The molecule has 16 heavy (non-hydrogen) atoms. The van der Waals surface area contributed by atoms with Gasteiger partial charge in [-0.15, -0.1) is 6.58 Å². The van der Waals surface area contributed by atoms with Gasteiger partial charge in [0.2, 0.25) is 0 Å². The monoisotopic (exact) mass is 225 g/mol. The lowest BCUT2D eigenvalue weighted by molar-refractivity contribution is 0.244. The van der Waals surface area contributed by atoms with E-state index in [2.05, 4.69) is 39.6 Å². The largest absolute Gasteiger partial charge is 0.320 e. The minimum absolute atomic E-state index is 0.491. The quantitative estimate of drug-likeness (QED) is 0.453. The molecule has 0 aliphatic carbocycles. The summed E-state index contributed by atoms with van der Waals surface area (Å²) in [5, 5.41) is 3.22. The summed E-state index contributed by atoms with van der Waals surface area (Å²) >= 11 is 0. The number of hydrogen-bond acceptors (Lipinski definition) is 1. The molecule has 0 aromatic heterocycles. The second-order valence-corrected chi connectivity index (χ2v) is 6.18. The molecular formula is C15H31N. The first-order valence-corrected chi connectivity index (χ1v) is 6.66. The van der Waals surface area contributed by atoms with Gasteiger partial charge in [0.1, 0.15) is 0 Å². The highest BCUT2D eigenvalue weighted by atomic mass is 14.8. The van der Waals surface area contributed by atoms with Crippen LogP contribution in [0.3, 0.4) is 0 Å². The van der Waals surface area contributed by atoms with E-state index in [1.807, 2.05) is 7.05 Å². The molecule has 0 heterocycles. The molecule has 0 aromatic carbocycles. The Hall–Kier alpha value is -0.300. The average Bonchev–Trinajstić information content (AvgIpc) is 2.14. The Bertz CT molecular complexity index is 194. The molecule has 1 atom stereocenters. The summed E-state index contributed by atoms with van der Waals surface area (Å²) in [4.78, 5) is 0. The summed E-state index contributed by atoms with van der Waals surface area (Å²) < 4.78 is 0. The normalized spacial score (nSPS) is 13.8. The molecule has 0 bridgehead atoms. The van der Waals surface area contributed by atoms with Crippen LogP contribution in [-0.2, 0) is 0 Å². The van der Waals surface area contributed by atoms with Crippen LogP contribution < -0.4 is 5.32 Å². The van der Waals surface area contributed by atoms with Gasteiger partial charge < -0.3 is 5.32 Å². The topological polar surface area (TPSA) is 12.0 Å². The van der Waals surface area contributed by atoms with Crippen LogP contribution >= 0.6 is 0 Å². The van der Waals surface area contributed by atoms with Crippen LogP contribution in [0.4, 0.5) is 0 Å². The van der Waals surface area contributed by atoms with Gasteiger partial charge in [-0.1, -0.05) is 26.3 Å². The first kappa shape index (κ1) is 15.7. The predicted molar refractivity (Wildman–Crippen MR) is 74.8 cm³/mol. The van der Waals surface area contributed by atoms with E-state index in [4.69, 9.17) is 0 Å². The lowest BCUT2D eigenvalue weighted by Gasteiger charge is -2.28. The van der Waals surface area contributed by atoms with Gasteiger partial charge >= 0.3 is 0 Å². The fourth-order valence-corrected chi connectivity index (χ4v) is 2.38. The van der Waals surface area contributed by atoms with Gasteiger partial charge in [0.05, 0.1) is 0 Å². The maximum Gasteiger partial charge on any atom is -0.00517 e. The minimum atomic E-state index is 0.491. The van der Waals surface area contributed by atoms with Gasteiger partial charge in [-0.3, -0.25) is 0 Å². The first-order valence-electron chi connectivity index (χ1n) is 6.66. The van der Waals surface area contributed by atoms with Crippen molar-refractivity contribution >= 4 is 0 Å². The van der Waals surface area contributed by atoms with Gasteiger partial charge in [0, 0.05) is 0 Å². The third-order valence-corrected chi connectivity index (χ3v) is 3.25. The van der Waals surface area contributed by atoms with E-state index in [1.165, 1.54) is 37.7 Å². The summed E-state index contributed by atoms with van der Waals surface area (Å²) in [6.45, 7) is 14.4. The van der Waals surface area contributed by atoms with Crippen molar-refractivity contribution in [3.05, 3.63) is 12.2 Å². The minimum Gasteiger partial charge on any atom is -0.320 e. The van der Waals surface area contributed by atoms with Crippen molar-refractivity contribution in [2.75, 3.05) is 13.6 Å². The third kappa shape index (κ3) is 8.96. The van der Waals surface area contributed by atoms with E-state index in [-0.39, 0.29) is 0 Å². The maximum atomic E-state index is 3.98. The smallest absolute Gasteiger partial charge is 0.00517 e. The summed E-state index contributed by atoms with van der Waals surface area (Å²) in [5.74, 6) is 0.821. The maximum absolute atomic E-state index is 3.98. The second-order valence-electron chi connectivity index (χ2n) is 6.18. The van der Waals surface area contributed by atoms with Crippen LogP contribution in [0, 0.1) is 11.3 Å². The van der Waals surface area contributed by atoms with Gasteiger partial charge in [-0.25, -0.2) is 0 Å². The highest BCUT2D eigenvalue weighted by Gasteiger charge is 2.20. The van der Waals surface area contributed by atoms with Crippen LogP contribution in [0.1, 0.15) is 59.8 Å². The number of allylic oxidation sites excluding steroid dienone is 1. The molecule has 0 fully saturated rings. The first-order chi connectivity index (χ1) is 7.37. The zero-order valence-corrected chi connectivity index (χ0v) is 12.0. The van der Waals surface area contributed by atoms with E-state index < -0.39 is 0 Å². The van der Waals surface area contributed by atoms with E-state index in [0.717, 1.165) is 12.5 Å². The van der Waals surface area contributed by atoms with Gasteiger partial charge in [0.25, 0.3) is 0 Å². The summed E-state index contributed by atoms with van der Waals surface area (Å²) in [5.41, 5.74) is 1.81. The van der Waals surface area contributed by atoms with Crippen molar-refractivity contribution in [1.82, 2.24) is 5.32 Å². The molecule has 1 N–H and O–H groups in total. The summed E-state index contributed by atoms with van der Waals surface area (Å²) in [6.07, 6.45) is 6.44. The highest BCUT2D eigenvalue weighted by Crippen LogP contribution is 2.32. The fraction of sp³-hybridized carbons (Fsp3) is 0.867. The highest BCUT2D eigenvalue weighted by molar-refractivity contribution is 4.88. The standard InChI is InChI=1S/C15H31N/c1-13(2)8-9-14(3)12-15(4,5)10-7-11-16-6/h14,16H,1,7-12H2,2-6H3. The van der Waals surface area contributed by atoms with E-state index in [0.29, 0.717) is 5.41 Å². The Morgan fingerprint density at radius 3 is 2.50 bits per heavy atom. The van der Waals surface area contributed by atoms with Gasteiger partial charge in [0.15, 0.2) is 0 Å². The molecule has 0 aliphatic heterocycles. The molecule has 0 rings (SSSR count). The van der Waals surface area contributed by atoms with Crippen LogP contribution in [0.5, 0.6) is 0 Å². The molecule has 1 nitrogen and oxygen atoms in total. The molecule has 0 aliphatic rings. The number of rotatable bonds is 9. The third-order valence-electron chi connectivity index (χ3n) is 3.25. The van der Waals surface area contributed by atoms with Crippen molar-refractivity contribution in [1.29, 1.82) is 0 Å². The molecule has 0 radical (unpaired) electrons. The molecule has 0 spiro atoms. The molecule has 0 saturated heterocycles. The molecule has 0 saturated carbocycles. The summed E-state index contributed by atoms with van der Waals surface area (Å²) in [6, 6.07) is 0. The number of nitrogens with one attached hydrogen (secondary N) is 1. The van der Waals surface area contributed by atoms with Crippen LogP contribution in [0.15, 0.2) is 12.2 Å². The fourth-order valence-electron chi connectivity index (χ4n) is 2.38. The molecule has 0 amide bonds. The SMILES string of the molecule is C=C(C)CCC(C)CC(C)(C)CCCNC. The predicted octanol–water partition coefficient (Wildman–Crippen LogP) is 4.39. The van der Waals surface area contributed by atoms with Crippen molar-refractivity contribution < 1.29 is 0 Å². The van der Waals surface area contributed by atoms with Crippen molar-refractivity contribution in [2.45, 2.75) is 59.8 Å². The Morgan fingerprint density at radius 1 is 1.38 bits per heavy atom. The molecule has 1 heteroatoms. The van der Waals surface area contributed by atoms with E-state index in [9.17, 15) is 0 Å². The van der Waals surface area contributed by atoms with Crippen molar-refractivity contribution in [3.63, 3.8) is 0 Å². The Kier molecular flexibility index (Phi) is 7.74. The van der Waals surface area contributed by atoms with E-state index >= 15 is 0 Å². The second kappa shape index (κ2) is 7.89. The molecular weight excluding hydrogens is 194 g/mol. The van der Waals surface area contributed by atoms with Gasteiger partial charge in [-0.2, -0.15) is 0 Å². The average molecular weight is 225 g/mol. The Morgan fingerprint density at radius 2 is 2.00 bits per heavy atom. The number of hydrogen-bond donors (Lipinski definition) is 1. The van der Waals surface area contributed by atoms with Crippen LogP contribution in [0.2, 0.25) is 0 Å². The molecule has 96 valence electrons. The summed E-state index contributed by atoms with van der Waals surface area (Å²) in [7, 11) is 2.03. The lowest BCUT2D eigenvalue weighted by atomic mass is 9.78. The lowest BCUT2D eigenvalue weighted by Crippen LogP contribution is -2.18.